The average molecular weight is 701 g/mol. The van der Waals surface area contributed by atoms with Crippen molar-refractivity contribution in [2.45, 2.75) is 40.6 Å². The first-order valence-electron chi connectivity index (χ1n) is 13.3. The lowest BCUT2D eigenvalue weighted by molar-refractivity contribution is -0.696. The van der Waals surface area contributed by atoms with Crippen molar-refractivity contribution in [2.24, 2.45) is 0 Å². The Kier molecular flexibility index (Phi) is 11.9. The number of carbonyl (C=O) groups excluding carboxylic acids is 3. The molecule has 3 amide bonds. The third-order valence-electron chi connectivity index (χ3n) is 6.76. The van der Waals surface area contributed by atoms with E-state index >= 15 is 0 Å². The third-order valence-corrected chi connectivity index (χ3v) is 10.9. The maximum atomic E-state index is 13.0. The molecule has 1 fully saturated rings. The molecule has 1 aromatic carbocycles. The van der Waals surface area contributed by atoms with E-state index < -0.39 is 29.3 Å². The molecule has 0 spiro atoms. The molecule has 3 N–H and O–H groups in total. The van der Waals surface area contributed by atoms with E-state index in [9.17, 15) is 29.1 Å². The number of rotatable bonds is 14. The van der Waals surface area contributed by atoms with Crippen LogP contribution in [0.3, 0.4) is 0 Å². The molecule has 1 saturated heterocycles. The predicted molar refractivity (Wildman–Crippen MR) is 169 cm³/mol. The van der Waals surface area contributed by atoms with Crippen LogP contribution < -0.4 is 9.88 Å². The maximum Gasteiger partial charge on any atom is 0.352 e. The number of β-lactam (4-membered cyclic amide) rings is 1. The summed E-state index contributed by atoms with van der Waals surface area (Å²) in [6.45, 7) is 0.942. The summed E-state index contributed by atoms with van der Waals surface area (Å²) in [6, 6.07) is 7.89. The average Bonchev–Trinajstić information content (AvgIpc) is 3.00. The molecule has 3 heterocycles. The smallest absolute Gasteiger partial charge is 0.352 e. The van der Waals surface area contributed by atoms with Crippen LogP contribution in [0.4, 0.5) is 0 Å². The van der Waals surface area contributed by atoms with Gasteiger partial charge in [0.1, 0.15) is 17.1 Å². The first-order valence-corrected chi connectivity index (χ1v) is 17.1. The first kappa shape index (κ1) is 34.0. The Balaban J connectivity index is 1.29. The van der Waals surface area contributed by atoms with Crippen LogP contribution in [0.2, 0.25) is 10.0 Å². The summed E-state index contributed by atoms with van der Waals surface area (Å²) in [4.78, 5) is 64.8. The Morgan fingerprint density at radius 3 is 2.52 bits per heavy atom. The molecule has 11 nitrogen and oxygen atoms in total. The number of amides is 3. The van der Waals surface area contributed by atoms with Gasteiger partial charge in [-0.15, -0.1) is 35.3 Å². The van der Waals surface area contributed by atoms with E-state index in [-0.39, 0.29) is 36.1 Å². The van der Waals surface area contributed by atoms with Crippen LogP contribution in [-0.2, 0) is 30.5 Å². The number of likely N-dealkylation sites (N-methyl/N-ethyl adjacent to an activating group) is 1. The van der Waals surface area contributed by atoms with Crippen molar-refractivity contribution in [3.63, 3.8) is 0 Å². The van der Waals surface area contributed by atoms with E-state index in [1.807, 2.05) is 29.1 Å². The van der Waals surface area contributed by atoms with Gasteiger partial charge in [0.25, 0.3) is 5.91 Å². The van der Waals surface area contributed by atoms with E-state index in [1.165, 1.54) is 45.1 Å². The molecule has 2 aromatic rings. The van der Waals surface area contributed by atoms with Gasteiger partial charge in [0.05, 0.1) is 23.7 Å². The minimum Gasteiger partial charge on any atom is -0.481 e. The van der Waals surface area contributed by atoms with Gasteiger partial charge in [-0.3, -0.25) is 24.1 Å². The molecule has 44 heavy (non-hydrogen) atoms. The fraction of sp³-hybridized carbons (Fsp3) is 0.357. The lowest BCUT2D eigenvalue weighted by Gasteiger charge is -2.49. The molecule has 234 valence electrons. The molecular weight excluding hydrogens is 671 g/mol. The number of carboxylic acids is 2. The monoisotopic (exact) mass is 699 g/mol. The van der Waals surface area contributed by atoms with Gasteiger partial charge in [0.2, 0.25) is 11.8 Å². The SMILES string of the molecule is CN(CC[n+]1ccc(SCC2=C(C(=O)O)N3C(=O)[C@H](NC(=O)CSc4cc(Cl)ccc4Cl)[C@H]3SC2)cc1)C(=O)CCC(=O)O. The van der Waals surface area contributed by atoms with Crippen LogP contribution >= 0.6 is 58.5 Å². The largest absolute Gasteiger partial charge is 0.481 e. The van der Waals surface area contributed by atoms with E-state index in [2.05, 4.69) is 5.32 Å². The molecular formula is C28H29Cl2N4O7S3+. The summed E-state index contributed by atoms with van der Waals surface area (Å²) in [7, 11) is 1.63. The number of fused-ring (bicyclic) bond motifs is 1. The molecule has 2 aliphatic heterocycles. The topological polar surface area (TPSA) is 148 Å². The highest BCUT2D eigenvalue weighted by Crippen LogP contribution is 2.41. The van der Waals surface area contributed by atoms with Crippen molar-refractivity contribution in [1.82, 2.24) is 15.1 Å². The van der Waals surface area contributed by atoms with Gasteiger partial charge in [0.15, 0.2) is 18.9 Å². The number of carbonyl (C=O) groups is 5. The number of aromatic nitrogens is 1. The van der Waals surface area contributed by atoms with Crippen molar-refractivity contribution in [3.05, 3.63) is 64.0 Å². The van der Waals surface area contributed by atoms with E-state index in [4.69, 9.17) is 28.3 Å². The summed E-state index contributed by atoms with van der Waals surface area (Å²) in [5.74, 6) is -2.49. The van der Waals surface area contributed by atoms with E-state index in [1.54, 1.807) is 25.2 Å². The van der Waals surface area contributed by atoms with Gasteiger partial charge >= 0.3 is 11.9 Å². The molecule has 2 aliphatic rings. The van der Waals surface area contributed by atoms with E-state index in [0.29, 0.717) is 45.1 Å². The molecule has 1 aromatic heterocycles. The van der Waals surface area contributed by atoms with Crippen molar-refractivity contribution in [3.8, 4) is 0 Å². The van der Waals surface area contributed by atoms with Crippen LogP contribution in [0, 0.1) is 0 Å². The quantitative estimate of drug-likeness (QED) is 0.153. The van der Waals surface area contributed by atoms with Gasteiger partial charge in [-0.05, 0) is 23.8 Å². The number of pyridine rings is 1. The zero-order valence-corrected chi connectivity index (χ0v) is 27.4. The Morgan fingerprint density at radius 1 is 1.11 bits per heavy atom. The number of benzene rings is 1. The summed E-state index contributed by atoms with van der Waals surface area (Å²) in [5.41, 5.74) is 0.574. The molecule has 0 bridgehead atoms. The lowest BCUT2D eigenvalue weighted by atomic mass is 10.0. The molecule has 0 saturated carbocycles. The second-order valence-corrected chi connectivity index (χ2v) is 13.9. The predicted octanol–water partition coefficient (Wildman–Crippen LogP) is 3.23. The fourth-order valence-corrected chi connectivity index (χ4v) is 8.07. The number of carboxylic acid groups (broad SMARTS) is 2. The third kappa shape index (κ3) is 8.62. The van der Waals surface area contributed by atoms with Crippen molar-refractivity contribution in [1.29, 1.82) is 0 Å². The van der Waals surface area contributed by atoms with Crippen LogP contribution in [-0.4, -0.2) is 91.9 Å². The summed E-state index contributed by atoms with van der Waals surface area (Å²) < 4.78 is 1.89. The molecule has 0 radical (unpaired) electrons. The van der Waals surface area contributed by atoms with Crippen molar-refractivity contribution < 1.29 is 38.8 Å². The standard InChI is InChI=1S/C28H28Cl2N4O7S3/c1-32(22(36)4-5-23(37)38)10-11-33-8-6-18(7-9-33)42-13-16-14-44-27-24(26(39)34(27)25(16)28(40)41)31-21(35)15-43-20-12-17(29)2-3-19(20)30/h2-3,6-9,12,24,27H,4-5,10-11,13-15H2,1H3,(H2-,31,35,37,38,40,41)/p+1/t24-,27+/m0/s1. The van der Waals surface area contributed by atoms with Crippen LogP contribution in [0.25, 0.3) is 0 Å². The maximum absolute atomic E-state index is 13.0. The van der Waals surface area contributed by atoms with Crippen molar-refractivity contribution in [2.75, 3.05) is 30.9 Å². The highest BCUT2D eigenvalue weighted by Gasteiger charge is 2.54. The lowest BCUT2D eigenvalue weighted by Crippen LogP contribution is -2.70. The van der Waals surface area contributed by atoms with Gasteiger partial charge in [0, 0.05) is 51.9 Å². The number of hydrogen-bond donors (Lipinski definition) is 3. The highest BCUT2D eigenvalue weighted by molar-refractivity contribution is 8.01. The number of hydrogen-bond acceptors (Lipinski definition) is 8. The number of aliphatic carboxylic acids is 2. The van der Waals surface area contributed by atoms with Crippen LogP contribution in [0.5, 0.6) is 0 Å². The van der Waals surface area contributed by atoms with Gasteiger partial charge < -0.3 is 20.4 Å². The Bertz CT molecular complexity index is 1490. The Hall–Kier alpha value is -2.91. The van der Waals surface area contributed by atoms with Gasteiger partial charge in [-0.25, -0.2) is 9.36 Å². The Labute approximate surface area is 276 Å². The molecule has 0 aliphatic carbocycles. The molecule has 4 rings (SSSR count). The number of nitrogens with zero attached hydrogens (tertiary/aromatic N) is 3. The Morgan fingerprint density at radius 2 is 1.84 bits per heavy atom. The van der Waals surface area contributed by atoms with Crippen molar-refractivity contribution >= 4 is 88.1 Å². The van der Waals surface area contributed by atoms with E-state index in [0.717, 1.165) is 4.90 Å². The number of nitrogens with one attached hydrogen (secondary N) is 1. The molecule has 0 unspecified atom stereocenters. The van der Waals surface area contributed by atoms with Gasteiger partial charge in [-0.2, -0.15) is 0 Å². The van der Waals surface area contributed by atoms with Crippen LogP contribution in [0.15, 0.2) is 63.8 Å². The summed E-state index contributed by atoms with van der Waals surface area (Å²) in [6.07, 6.45) is 3.45. The zero-order valence-electron chi connectivity index (χ0n) is 23.4. The summed E-state index contributed by atoms with van der Waals surface area (Å²) >= 11 is 16.2. The minimum absolute atomic E-state index is 0.0173. The number of thioether (sulfide) groups is 3. The number of halogens is 2. The zero-order chi connectivity index (χ0) is 32.0. The normalized spacial score (nSPS) is 17.5. The second-order valence-electron chi connectivity index (χ2n) is 9.85. The fourth-order valence-electron chi connectivity index (χ4n) is 4.39. The first-order chi connectivity index (χ1) is 20.9. The minimum atomic E-state index is -1.19. The highest BCUT2D eigenvalue weighted by atomic mass is 35.5. The van der Waals surface area contributed by atoms with Crippen LogP contribution in [0.1, 0.15) is 12.8 Å². The second kappa shape index (κ2) is 15.4. The molecule has 16 heteroatoms. The summed E-state index contributed by atoms with van der Waals surface area (Å²) in [5, 5.41) is 21.9. The molecule has 2 atom stereocenters. The van der Waals surface area contributed by atoms with Gasteiger partial charge in [-0.1, -0.05) is 23.2 Å².